The van der Waals surface area contributed by atoms with Gasteiger partial charge in [-0.3, -0.25) is 0 Å². The summed E-state index contributed by atoms with van der Waals surface area (Å²) in [5.41, 5.74) is 1.13. The zero-order valence-electron chi connectivity index (χ0n) is 11.4. The highest BCUT2D eigenvalue weighted by atomic mass is 32.2. The van der Waals surface area contributed by atoms with Gasteiger partial charge in [0.15, 0.2) is 0 Å². The molecule has 1 N–H and O–H groups in total. The molecular weight excluding hydrogens is 262 g/mol. The predicted molar refractivity (Wildman–Crippen MR) is 76.0 cm³/mol. The highest BCUT2D eigenvalue weighted by molar-refractivity contribution is 7.86. The summed E-state index contributed by atoms with van der Waals surface area (Å²) in [7, 11) is -0.188. The highest BCUT2D eigenvalue weighted by Gasteiger charge is 2.29. The van der Waals surface area contributed by atoms with Crippen LogP contribution >= 0.6 is 0 Å². The zero-order chi connectivity index (χ0) is 13.9. The molecule has 1 atom stereocenters. The van der Waals surface area contributed by atoms with Crippen molar-refractivity contribution >= 4 is 10.2 Å². The summed E-state index contributed by atoms with van der Waals surface area (Å²) in [6.07, 6.45) is 0.830. The first-order chi connectivity index (χ1) is 9.01. The minimum Gasteiger partial charge on any atom is -0.309 e. The van der Waals surface area contributed by atoms with Gasteiger partial charge in [0.05, 0.1) is 0 Å². The van der Waals surface area contributed by atoms with Crippen LogP contribution in [0.25, 0.3) is 0 Å². The third-order valence-corrected chi connectivity index (χ3v) is 5.26. The molecule has 0 saturated carbocycles. The molecule has 0 radical (unpaired) electrons. The Kier molecular flexibility index (Phi) is 4.57. The average Bonchev–Trinajstić information content (AvgIpc) is 2.65. The van der Waals surface area contributed by atoms with Gasteiger partial charge in [0.1, 0.15) is 0 Å². The summed E-state index contributed by atoms with van der Waals surface area (Å²) in [6, 6.07) is 10.0. The first-order valence-electron chi connectivity index (χ1n) is 6.48. The van der Waals surface area contributed by atoms with Crippen LogP contribution < -0.4 is 5.32 Å². The number of nitrogens with one attached hydrogen (secondary N) is 1. The fourth-order valence-electron chi connectivity index (χ4n) is 2.24. The lowest BCUT2D eigenvalue weighted by Gasteiger charge is -2.26. The second-order valence-corrected chi connectivity index (χ2v) is 7.06. The van der Waals surface area contributed by atoms with E-state index in [9.17, 15) is 8.42 Å². The molecule has 1 heterocycles. The Morgan fingerprint density at radius 3 is 2.58 bits per heavy atom. The number of hydrogen-bond donors (Lipinski definition) is 1. The first kappa shape index (κ1) is 14.5. The van der Waals surface area contributed by atoms with Crippen LogP contribution in [0.5, 0.6) is 0 Å². The molecule has 1 aromatic carbocycles. The van der Waals surface area contributed by atoms with E-state index in [4.69, 9.17) is 0 Å². The molecule has 1 aromatic rings. The second kappa shape index (κ2) is 6.00. The molecule has 106 valence electrons. The third kappa shape index (κ3) is 3.33. The van der Waals surface area contributed by atoms with E-state index in [0.717, 1.165) is 18.5 Å². The normalized spacial score (nSPS) is 22.4. The van der Waals surface area contributed by atoms with Crippen molar-refractivity contribution in [3.05, 3.63) is 35.9 Å². The molecular formula is C13H21N3O2S. The summed E-state index contributed by atoms with van der Waals surface area (Å²) in [5.74, 6) is 0. The lowest BCUT2D eigenvalue weighted by Crippen LogP contribution is -2.42. The van der Waals surface area contributed by atoms with Gasteiger partial charge in [-0.2, -0.15) is 17.0 Å². The van der Waals surface area contributed by atoms with Crippen molar-refractivity contribution in [1.29, 1.82) is 0 Å². The van der Waals surface area contributed by atoms with Crippen LogP contribution in [0, 0.1) is 0 Å². The average molecular weight is 283 g/mol. The zero-order valence-corrected chi connectivity index (χ0v) is 12.2. The first-order valence-corrected chi connectivity index (χ1v) is 7.87. The largest absolute Gasteiger partial charge is 0.309 e. The topological polar surface area (TPSA) is 52.7 Å². The molecule has 0 spiro atoms. The molecule has 2 rings (SSSR count). The Bertz CT molecular complexity index is 502. The Morgan fingerprint density at radius 1 is 1.26 bits per heavy atom. The van der Waals surface area contributed by atoms with Crippen molar-refractivity contribution in [3.8, 4) is 0 Å². The SMILES string of the molecule is CN(C)S(=O)(=O)N1CCCNC(c2ccccc2)C1. The maximum Gasteiger partial charge on any atom is 0.281 e. The minimum absolute atomic E-state index is 0.0541. The number of hydrogen-bond acceptors (Lipinski definition) is 3. The van der Waals surface area contributed by atoms with Crippen molar-refractivity contribution in [1.82, 2.24) is 13.9 Å². The van der Waals surface area contributed by atoms with Crippen LogP contribution in [0.15, 0.2) is 30.3 Å². The lowest BCUT2D eigenvalue weighted by atomic mass is 10.1. The van der Waals surface area contributed by atoms with Gasteiger partial charge >= 0.3 is 0 Å². The Hall–Kier alpha value is -0.950. The smallest absolute Gasteiger partial charge is 0.281 e. The molecule has 1 aliphatic heterocycles. The van der Waals surface area contributed by atoms with Crippen LogP contribution in [-0.2, 0) is 10.2 Å². The van der Waals surface area contributed by atoms with Crippen LogP contribution in [0.4, 0.5) is 0 Å². The van der Waals surface area contributed by atoms with Crippen molar-refractivity contribution in [2.75, 3.05) is 33.7 Å². The Morgan fingerprint density at radius 2 is 1.95 bits per heavy atom. The standard InChI is InChI=1S/C13H21N3O2S/c1-15(2)19(17,18)16-10-6-9-14-13(11-16)12-7-4-3-5-8-12/h3-5,7-8,13-14H,6,9-11H2,1-2H3. The summed E-state index contributed by atoms with van der Waals surface area (Å²) in [6.45, 7) is 1.88. The second-order valence-electron chi connectivity index (χ2n) is 4.92. The van der Waals surface area contributed by atoms with Crippen molar-refractivity contribution in [3.63, 3.8) is 0 Å². The van der Waals surface area contributed by atoms with Crippen LogP contribution in [-0.4, -0.2) is 50.8 Å². The Balaban J connectivity index is 2.20. The molecule has 6 heteroatoms. The van der Waals surface area contributed by atoms with Crippen molar-refractivity contribution < 1.29 is 8.42 Å². The minimum atomic E-state index is -3.34. The van der Waals surface area contributed by atoms with Crippen LogP contribution in [0.1, 0.15) is 18.0 Å². The van der Waals surface area contributed by atoms with Gasteiger partial charge in [0.2, 0.25) is 0 Å². The van der Waals surface area contributed by atoms with E-state index < -0.39 is 10.2 Å². The van der Waals surface area contributed by atoms with Crippen LogP contribution in [0.3, 0.4) is 0 Å². The van der Waals surface area contributed by atoms with Crippen molar-refractivity contribution in [2.24, 2.45) is 0 Å². The number of nitrogens with zero attached hydrogens (tertiary/aromatic N) is 2. The van der Waals surface area contributed by atoms with Gasteiger partial charge in [-0.25, -0.2) is 0 Å². The number of rotatable bonds is 3. The van der Waals surface area contributed by atoms with Gasteiger partial charge < -0.3 is 5.32 Å². The molecule has 5 nitrogen and oxygen atoms in total. The van der Waals surface area contributed by atoms with E-state index in [-0.39, 0.29) is 6.04 Å². The molecule has 0 aliphatic carbocycles. The lowest BCUT2D eigenvalue weighted by molar-refractivity contribution is 0.366. The predicted octanol–water partition coefficient (Wildman–Crippen LogP) is 0.829. The summed E-state index contributed by atoms with van der Waals surface area (Å²) < 4.78 is 27.3. The van der Waals surface area contributed by atoms with E-state index in [0.29, 0.717) is 13.1 Å². The molecule has 1 unspecified atom stereocenters. The quantitative estimate of drug-likeness (QED) is 0.894. The number of benzene rings is 1. The molecule has 1 saturated heterocycles. The monoisotopic (exact) mass is 283 g/mol. The van der Waals surface area contributed by atoms with Gasteiger partial charge in [-0.05, 0) is 18.5 Å². The molecule has 0 amide bonds. The van der Waals surface area contributed by atoms with Gasteiger partial charge in [-0.1, -0.05) is 30.3 Å². The molecule has 19 heavy (non-hydrogen) atoms. The molecule has 1 fully saturated rings. The van der Waals surface area contributed by atoms with Gasteiger partial charge in [0.25, 0.3) is 10.2 Å². The maximum atomic E-state index is 12.2. The fourth-order valence-corrected chi connectivity index (χ4v) is 3.40. The van der Waals surface area contributed by atoms with E-state index in [1.165, 1.54) is 4.31 Å². The Labute approximate surface area is 115 Å². The van der Waals surface area contributed by atoms with Crippen molar-refractivity contribution in [2.45, 2.75) is 12.5 Å². The molecule has 1 aliphatic rings. The third-order valence-electron chi connectivity index (χ3n) is 3.35. The van der Waals surface area contributed by atoms with Crippen LogP contribution in [0.2, 0.25) is 0 Å². The molecule has 0 bridgehead atoms. The van der Waals surface area contributed by atoms with E-state index in [1.807, 2.05) is 30.3 Å². The van der Waals surface area contributed by atoms with E-state index in [1.54, 1.807) is 18.4 Å². The maximum absolute atomic E-state index is 12.2. The van der Waals surface area contributed by atoms with Gasteiger partial charge in [0, 0.05) is 33.2 Å². The fraction of sp³-hybridized carbons (Fsp3) is 0.538. The summed E-state index contributed by atoms with van der Waals surface area (Å²) >= 11 is 0. The summed E-state index contributed by atoms with van der Waals surface area (Å²) in [4.78, 5) is 0. The van der Waals surface area contributed by atoms with Gasteiger partial charge in [-0.15, -0.1) is 0 Å². The highest BCUT2D eigenvalue weighted by Crippen LogP contribution is 2.19. The van der Waals surface area contributed by atoms with E-state index >= 15 is 0 Å². The summed E-state index contributed by atoms with van der Waals surface area (Å²) in [5, 5.41) is 3.41. The molecule has 0 aromatic heterocycles. The van der Waals surface area contributed by atoms with E-state index in [2.05, 4.69) is 5.32 Å².